The highest BCUT2D eigenvalue weighted by atomic mass is 35.5. The zero-order valence-electron chi connectivity index (χ0n) is 21.4. The van der Waals surface area contributed by atoms with Crippen molar-refractivity contribution >= 4 is 55.1 Å². The van der Waals surface area contributed by atoms with Crippen molar-refractivity contribution in [2.24, 2.45) is 0 Å². The van der Waals surface area contributed by atoms with Crippen molar-refractivity contribution < 1.29 is 23.7 Å². The van der Waals surface area contributed by atoms with Crippen LogP contribution < -0.4 is 19.5 Å². The van der Waals surface area contributed by atoms with Crippen molar-refractivity contribution in [1.82, 2.24) is 24.9 Å². The number of pyridine rings is 2. The van der Waals surface area contributed by atoms with Gasteiger partial charge in [0.2, 0.25) is 11.8 Å². The van der Waals surface area contributed by atoms with E-state index in [9.17, 15) is 0 Å². The van der Waals surface area contributed by atoms with Crippen LogP contribution in [0.4, 0.5) is 10.9 Å². The quantitative estimate of drug-likeness (QED) is 0.178. The third-order valence-electron chi connectivity index (χ3n) is 5.36. The fourth-order valence-electron chi connectivity index (χ4n) is 3.62. The number of rotatable bonds is 12. The third kappa shape index (κ3) is 6.42. The highest BCUT2D eigenvalue weighted by Gasteiger charge is 2.14. The maximum absolute atomic E-state index is 6.45. The number of halogens is 1. The molecule has 0 aliphatic carbocycles. The summed E-state index contributed by atoms with van der Waals surface area (Å²) >= 11 is 7.84. The van der Waals surface area contributed by atoms with Crippen molar-refractivity contribution in [1.29, 1.82) is 0 Å². The predicted octanol–water partition coefficient (Wildman–Crippen LogP) is 6.01. The second-order valence-electron chi connectivity index (χ2n) is 7.93. The normalized spacial score (nSPS) is 11.3. The van der Waals surface area contributed by atoms with E-state index in [4.69, 9.17) is 35.3 Å². The zero-order valence-corrected chi connectivity index (χ0v) is 23.0. The Labute approximate surface area is 233 Å². The molecule has 202 valence electrons. The van der Waals surface area contributed by atoms with Gasteiger partial charge in [-0.15, -0.1) is 0 Å². The molecule has 0 fully saturated rings. The largest absolute Gasteiger partial charge is 0.487 e. The lowest BCUT2D eigenvalue weighted by molar-refractivity contribution is -0.152. The molecule has 0 radical (unpaired) electrons. The second kappa shape index (κ2) is 12.3. The Morgan fingerprint density at radius 2 is 1.77 bits per heavy atom. The van der Waals surface area contributed by atoms with E-state index in [1.165, 1.54) is 23.9 Å². The number of fused-ring (bicyclic) bond motifs is 2. The molecular formula is C26H25ClN6O5S. The summed E-state index contributed by atoms with van der Waals surface area (Å²) in [7, 11) is 1.58. The summed E-state index contributed by atoms with van der Waals surface area (Å²) < 4.78 is 27.9. The molecule has 13 heteroatoms. The molecule has 0 bridgehead atoms. The van der Waals surface area contributed by atoms with E-state index in [1.807, 2.05) is 32.0 Å². The number of thiazole rings is 1. The van der Waals surface area contributed by atoms with Gasteiger partial charge in [-0.2, -0.15) is 0 Å². The van der Waals surface area contributed by atoms with Crippen LogP contribution in [-0.4, -0.2) is 58.1 Å². The minimum absolute atomic E-state index is 0.207. The Morgan fingerprint density at radius 1 is 0.949 bits per heavy atom. The Hall–Kier alpha value is -3.84. The van der Waals surface area contributed by atoms with Gasteiger partial charge in [0.1, 0.15) is 45.6 Å². The Morgan fingerprint density at radius 3 is 2.54 bits per heavy atom. The molecule has 11 nitrogen and oxygen atoms in total. The molecule has 0 aliphatic heterocycles. The Bertz CT molecular complexity index is 1580. The van der Waals surface area contributed by atoms with Crippen molar-refractivity contribution in [2.45, 2.75) is 20.1 Å². The van der Waals surface area contributed by atoms with E-state index < -0.39 is 6.29 Å². The molecule has 0 amide bonds. The molecule has 0 atom stereocenters. The number of anilines is 2. The van der Waals surface area contributed by atoms with Crippen LogP contribution >= 0.6 is 22.9 Å². The van der Waals surface area contributed by atoms with E-state index in [1.54, 1.807) is 25.3 Å². The van der Waals surface area contributed by atoms with Crippen molar-refractivity contribution in [3.63, 3.8) is 0 Å². The van der Waals surface area contributed by atoms with Gasteiger partial charge in [0, 0.05) is 30.7 Å². The highest BCUT2D eigenvalue weighted by molar-refractivity contribution is 7.21. The maximum Gasteiger partial charge on any atom is 0.238 e. The van der Waals surface area contributed by atoms with Gasteiger partial charge < -0.3 is 29.0 Å². The number of nitrogens with one attached hydrogen (secondary N) is 1. The van der Waals surface area contributed by atoms with Crippen LogP contribution in [0.1, 0.15) is 13.8 Å². The monoisotopic (exact) mass is 568 g/mol. The number of benzene rings is 1. The molecule has 5 aromatic rings. The lowest BCUT2D eigenvalue weighted by atomic mass is 10.2. The third-order valence-corrected chi connectivity index (χ3v) is 6.51. The van der Waals surface area contributed by atoms with Gasteiger partial charge in [-0.1, -0.05) is 22.9 Å². The number of nitrogens with zero attached hydrogens (tertiary/aromatic N) is 5. The van der Waals surface area contributed by atoms with E-state index in [2.05, 4.69) is 30.2 Å². The van der Waals surface area contributed by atoms with E-state index in [-0.39, 0.29) is 17.5 Å². The summed E-state index contributed by atoms with van der Waals surface area (Å²) in [4.78, 5) is 22.9. The fourth-order valence-corrected chi connectivity index (χ4v) is 4.64. The van der Waals surface area contributed by atoms with Crippen LogP contribution in [0.15, 0.2) is 48.9 Å². The van der Waals surface area contributed by atoms with Crippen LogP contribution in [0.25, 0.3) is 21.3 Å². The second-order valence-corrected chi connectivity index (χ2v) is 9.32. The van der Waals surface area contributed by atoms with Gasteiger partial charge >= 0.3 is 0 Å². The summed E-state index contributed by atoms with van der Waals surface area (Å²) in [5, 5.41) is 4.92. The summed E-state index contributed by atoms with van der Waals surface area (Å²) in [6, 6.07) is 10.7. The number of methoxy groups -OCH3 is 1. The molecule has 39 heavy (non-hydrogen) atoms. The standard InChI is InChI=1S/C26H25ClN6O5S/c1-4-35-22(36-5-2)13-37-16-11-18(27)24(28-12-16)38-15-6-7-19-17(10-15)23(30-14-29-19)33-26-31-20-8-9-21(34-3)32-25(20)39-26/h6-12,14,22H,4-5,13H2,1-3H3,(H,29,30,31,33). The van der Waals surface area contributed by atoms with Gasteiger partial charge in [-0.3, -0.25) is 0 Å². The first-order chi connectivity index (χ1) is 19.1. The van der Waals surface area contributed by atoms with E-state index in [0.29, 0.717) is 41.5 Å². The average Bonchev–Trinajstić information content (AvgIpc) is 3.35. The van der Waals surface area contributed by atoms with Crippen LogP contribution in [-0.2, 0) is 9.47 Å². The summed E-state index contributed by atoms with van der Waals surface area (Å²) in [5.74, 6) is 2.30. The first kappa shape index (κ1) is 26.8. The minimum atomic E-state index is -0.473. The average molecular weight is 569 g/mol. The van der Waals surface area contributed by atoms with Gasteiger partial charge in [-0.25, -0.2) is 24.9 Å². The first-order valence-corrected chi connectivity index (χ1v) is 13.3. The van der Waals surface area contributed by atoms with E-state index >= 15 is 0 Å². The number of ether oxygens (including phenoxy) is 5. The zero-order chi connectivity index (χ0) is 27.2. The first-order valence-electron chi connectivity index (χ1n) is 12.1. The topological polar surface area (TPSA) is 123 Å². The molecule has 0 spiro atoms. The predicted molar refractivity (Wildman–Crippen MR) is 149 cm³/mol. The summed E-state index contributed by atoms with van der Waals surface area (Å²) in [6.45, 7) is 5.02. The molecule has 1 N–H and O–H groups in total. The maximum atomic E-state index is 6.45. The molecule has 0 saturated heterocycles. The van der Waals surface area contributed by atoms with Gasteiger partial charge in [0.15, 0.2) is 11.4 Å². The minimum Gasteiger partial charge on any atom is -0.487 e. The molecule has 0 unspecified atom stereocenters. The molecular weight excluding hydrogens is 544 g/mol. The fraction of sp³-hybridized carbons (Fsp3) is 0.269. The van der Waals surface area contributed by atoms with Gasteiger partial charge in [0.25, 0.3) is 0 Å². The lowest BCUT2D eigenvalue weighted by Gasteiger charge is -2.17. The van der Waals surface area contributed by atoms with Crippen molar-refractivity contribution in [3.8, 4) is 23.3 Å². The smallest absolute Gasteiger partial charge is 0.238 e. The van der Waals surface area contributed by atoms with Crippen LogP contribution in [0.5, 0.6) is 23.3 Å². The molecule has 0 saturated carbocycles. The molecule has 4 aromatic heterocycles. The Balaban J connectivity index is 1.33. The van der Waals surface area contributed by atoms with Crippen LogP contribution in [0.2, 0.25) is 5.02 Å². The summed E-state index contributed by atoms with van der Waals surface area (Å²) in [5.41, 5.74) is 1.48. The number of aromatic nitrogens is 5. The summed E-state index contributed by atoms with van der Waals surface area (Å²) in [6.07, 6.45) is 2.54. The van der Waals surface area contributed by atoms with Crippen molar-refractivity contribution in [3.05, 3.63) is 53.9 Å². The highest BCUT2D eigenvalue weighted by Crippen LogP contribution is 2.34. The number of hydrogen-bond acceptors (Lipinski definition) is 12. The van der Waals surface area contributed by atoms with Crippen LogP contribution in [0.3, 0.4) is 0 Å². The molecule has 0 aliphatic rings. The molecule has 5 rings (SSSR count). The SMILES string of the molecule is CCOC(COc1cnc(Oc2ccc3ncnc(Nc4nc5ccc(OC)nc5s4)c3c2)c(Cl)c1)OCC. The number of hydrogen-bond donors (Lipinski definition) is 1. The Kier molecular flexibility index (Phi) is 8.47. The van der Waals surface area contributed by atoms with Gasteiger partial charge in [0.05, 0.1) is 18.8 Å². The molecule has 4 heterocycles. The lowest BCUT2D eigenvalue weighted by Crippen LogP contribution is -2.25. The van der Waals surface area contributed by atoms with Gasteiger partial charge in [-0.05, 0) is 38.1 Å². The van der Waals surface area contributed by atoms with E-state index in [0.717, 1.165) is 21.3 Å². The van der Waals surface area contributed by atoms with Crippen LogP contribution in [0, 0.1) is 0 Å². The molecule has 1 aromatic carbocycles. The van der Waals surface area contributed by atoms with Crippen molar-refractivity contribution in [2.75, 3.05) is 32.2 Å².